The first-order valence-electron chi connectivity index (χ1n) is 13.6. The van der Waals surface area contributed by atoms with Crippen molar-refractivity contribution >= 4 is 11.6 Å². The fourth-order valence-electron chi connectivity index (χ4n) is 6.77. The van der Waals surface area contributed by atoms with Gasteiger partial charge in [-0.2, -0.15) is 5.10 Å². The molecule has 4 heterocycles. The molecule has 9 nitrogen and oxygen atoms in total. The number of halogens is 1. The Morgan fingerprint density at radius 2 is 2.11 bits per heavy atom. The number of rotatable bonds is 6. The molecule has 6 rings (SSSR count). The number of hydrogen-bond donors (Lipinski definition) is 3. The molecule has 3 fully saturated rings. The predicted molar refractivity (Wildman–Crippen MR) is 141 cm³/mol. The van der Waals surface area contributed by atoms with Crippen LogP contribution in [-0.2, 0) is 11.3 Å². The van der Waals surface area contributed by atoms with E-state index in [1.165, 1.54) is 6.07 Å². The minimum atomic E-state index is -0.253. The summed E-state index contributed by atoms with van der Waals surface area (Å²) in [6.07, 6.45) is 7.09. The lowest BCUT2D eigenvalue weighted by Crippen LogP contribution is -2.52. The first-order chi connectivity index (χ1) is 18.5. The van der Waals surface area contributed by atoms with Crippen LogP contribution in [0.25, 0.3) is 5.65 Å². The Morgan fingerprint density at radius 1 is 1.21 bits per heavy atom. The molecule has 0 radical (unpaired) electrons. The molecule has 3 N–H and O–H groups in total. The van der Waals surface area contributed by atoms with Crippen molar-refractivity contribution in [2.75, 3.05) is 20.2 Å². The fourth-order valence-corrected chi connectivity index (χ4v) is 6.77. The average molecular weight is 522 g/mol. The van der Waals surface area contributed by atoms with Crippen LogP contribution in [0.5, 0.6) is 5.75 Å². The molecule has 38 heavy (non-hydrogen) atoms. The molecule has 3 aliphatic rings. The fraction of sp³-hybridized carbons (Fsp3) is 0.536. The van der Waals surface area contributed by atoms with Crippen LogP contribution in [-0.4, -0.2) is 57.7 Å². The van der Waals surface area contributed by atoms with Crippen molar-refractivity contribution in [2.24, 2.45) is 17.8 Å². The second-order valence-corrected chi connectivity index (χ2v) is 11.2. The van der Waals surface area contributed by atoms with Crippen molar-refractivity contribution in [1.82, 2.24) is 35.7 Å². The molecule has 202 valence electrons. The van der Waals surface area contributed by atoms with Crippen molar-refractivity contribution in [3.8, 4) is 5.75 Å². The van der Waals surface area contributed by atoms with Crippen LogP contribution in [0.2, 0.25) is 0 Å². The third kappa shape index (κ3) is 5.00. The van der Waals surface area contributed by atoms with Crippen molar-refractivity contribution in [1.29, 1.82) is 0 Å². The zero-order chi connectivity index (χ0) is 26.2. The standard InChI is InChI=1S/C28H36FN7O2/c1-17-10-20(14-35(13-17)15-22-23(29)4-3-5-25(22)38-2)32-28(37)19-6-7-24-21(11-19)27(34-33-24)18-8-9-36-26(12-18)30-16-31-36/h3-5,8-9,12,16-17,19-21,24,27,33-34H,6-7,10-11,13-15H2,1-2H3,(H,32,37)/t17-,19?,20+,21?,24?,27?/m0/s1. The summed E-state index contributed by atoms with van der Waals surface area (Å²) in [7, 11) is 1.57. The molecule has 1 aliphatic carbocycles. The first kappa shape index (κ1) is 25.2. The summed E-state index contributed by atoms with van der Waals surface area (Å²) in [6.45, 7) is 4.24. The summed E-state index contributed by atoms with van der Waals surface area (Å²) in [6, 6.07) is 9.61. The first-order valence-corrected chi connectivity index (χ1v) is 13.6. The SMILES string of the molecule is COc1cccc(F)c1CN1C[C@@H](C)C[C@@H](NC(=O)C2CCC3NNC(c4ccn5ncnc5c4)C3C2)C1. The van der Waals surface area contributed by atoms with Crippen molar-refractivity contribution in [2.45, 2.75) is 57.3 Å². The highest BCUT2D eigenvalue weighted by molar-refractivity contribution is 5.79. The van der Waals surface area contributed by atoms with E-state index in [2.05, 4.69) is 50.2 Å². The number of nitrogens with zero attached hydrogens (tertiary/aromatic N) is 4. The number of benzene rings is 1. The summed E-state index contributed by atoms with van der Waals surface area (Å²) < 4.78 is 21.7. The second kappa shape index (κ2) is 10.6. The van der Waals surface area contributed by atoms with Gasteiger partial charge in [-0.25, -0.2) is 19.3 Å². The molecule has 2 saturated heterocycles. The van der Waals surface area contributed by atoms with E-state index in [9.17, 15) is 9.18 Å². The van der Waals surface area contributed by atoms with Crippen molar-refractivity contribution in [3.63, 3.8) is 0 Å². The maximum atomic E-state index is 14.6. The predicted octanol–water partition coefficient (Wildman–Crippen LogP) is 2.84. The minimum Gasteiger partial charge on any atom is -0.496 e. The van der Waals surface area contributed by atoms with Crippen LogP contribution in [0.15, 0.2) is 42.9 Å². The number of piperidine rings is 1. The van der Waals surface area contributed by atoms with E-state index >= 15 is 0 Å². The molecule has 2 aromatic heterocycles. The molecule has 1 amide bonds. The number of ether oxygens (including phenoxy) is 1. The van der Waals surface area contributed by atoms with Crippen molar-refractivity contribution in [3.05, 3.63) is 59.8 Å². The summed E-state index contributed by atoms with van der Waals surface area (Å²) in [4.78, 5) is 20.1. The summed E-state index contributed by atoms with van der Waals surface area (Å²) >= 11 is 0. The zero-order valence-corrected chi connectivity index (χ0v) is 21.9. The third-order valence-electron chi connectivity index (χ3n) is 8.55. The quantitative estimate of drug-likeness (QED) is 0.459. The Labute approximate surface area is 222 Å². The van der Waals surface area contributed by atoms with Gasteiger partial charge in [0, 0.05) is 49.4 Å². The number of nitrogens with one attached hydrogen (secondary N) is 3. The minimum absolute atomic E-state index is 0.0189. The topological polar surface area (TPSA) is 95.8 Å². The van der Waals surface area contributed by atoms with Gasteiger partial charge >= 0.3 is 0 Å². The van der Waals surface area contributed by atoms with Crippen LogP contribution in [0.4, 0.5) is 4.39 Å². The molecule has 3 aromatic rings. The van der Waals surface area contributed by atoms with Crippen LogP contribution >= 0.6 is 0 Å². The number of pyridine rings is 1. The van der Waals surface area contributed by atoms with Gasteiger partial charge in [0.1, 0.15) is 17.9 Å². The number of likely N-dealkylation sites (tertiary alicyclic amines) is 1. The van der Waals surface area contributed by atoms with Gasteiger partial charge in [-0.15, -0.1) is 0 Å². The lowest BCUT2D eigenvalue weighted by atomic mass is 9.74. The number of methoxy groups -OCH3 is 1. The van der Waals surface area contributed by atoms with Crippen LogP contribution in [0, 0.1) is 23.6 Å². The number of hydrogen-bond acceptors (Lipinski definition) is 7. The van der Waals surface area contributed by atoms with Crippen LogP contribution in [0.1, 0.15) is 49.8 Å². The molecule has 1 saturated carbocycles. The van der Waals surface area contributed by atoms with Gasteiger partial charge < -0.3 is 10.1 Å². The van der Waals surface area contributed by atoms with E-state index in [-0.39, 0.29) is 29.7 Å². The van der Waals surface area contributed by atoms with Gasteiger partial charge in [0.25, 0.3) is 0 Å². The van der Waals surface area contributed by atoms with Gasteiger partial charge in [0.2, 0.25) is 5.91 Å². The molecule has 1 aromatic carbocycles. The monoisotopic (exact) mass is 521 g/mol. The zero-order valence-electron chi connectivity index (χ0n) is 21.9. The molecule has 10 heteroatoms. The largest absolute Gasteiger partial charge is 0.496 e. The highest BCUT2D eigenvalue weighted by Crippen LogP contribution is 2.40. The van der Waals surface area contributed by atoms with Gasteiger partial charge in [-0.05, 0) is 67.3 Å². The summed E-state index contributed by atoms with van der Waals surface area (Å²) in [5.74, 6) is 1.16. The molecular weight excluding hydrogens is 485 g/mol. The maximum absolute atomic E-state index is 14.6. The van der Waals surface area contributed by atoms with Crippen LogP contribution in [0.3, 0.4) is 0 Å². The molecular formula is C28H36FN7O2. The third-order valence-corrected chi connectivity index (χ3v) is 8.55. The Hall–Kier alpha value is -3.08. The van der Waals surface area contributed by atoms with E-state index in [0.717, 1.165) is 43.4 Å². The molecule has 0 spiro atoms. The Kier molecular flexibility index (Phi) is 7.03. The number of carbonyl (C=O) groups is 1. The Bertz CT molecular complexity index is 1300. The average Bonchev–Trinajstić information content (AvgIpc) is 3.55. The van der Waals surface area contributed by atoms with Crippen molar-refractivity contribution < 1.29 is 13.9 Å². The lowest BCUT2D eigenvalue weighted by Gasteiger charge is -2.38. The Balaban J connectivity index is 1.10. The normalized spacial score (nSPS) is 29.8. The molecule has 6 atom stereocenters. The maximum Gasteiger partial charge on any atom is 0.223 e. The molecule has 2 aliphatic heterocycles. The summed E-state index contributed by atoms with van der Waals surface area (Å²) in [5, 5.41) is 7.56. The van der Waals surface area contributed by atoms with E-state index in [1.54, 1.807) is 30.1 Å². The summed E-state index contributed by atoms with van der Waals surface area (Å²) in [5.41, 5.74) is 9.49. The number of carbonyl (C=O) groups excluding carboxylic acids is 1. The van der Waals surface area contributed by atoms with E-state index in [0.29, 0.717) is 42.3 Å². The smallest absolute Gasteiger partial charge is 0.223 e. The van der Waals surface area contributed by atoms with Gasteiger partial charge in [-0.3, -0.25) is 15.1 Å². The number of amides is 1. The second-order valence-electron chi connectivity index (χ2n) is 11.2. The highest BCUT2D eigenvalue weighted by atomic mass is 19.1. The van der Waals surface area contributed by atoms with E-state index in [4.69, 9.17) is 4.74 Å². The lowest BCUT2D eigenvalue weighted by molar-refractivity contribution is -0.127. The number of fused-ring (bicyclic) bond motifs is 2. The highest BCUT2D eigenvalue weighted by Gasteiger charge is 2.43. The number of hydrazine groups is 1. The van der Waals surface area contributed by atoms with Crippen LogP contribution < -0.4 is 20.9 Å². The van der Waals surface area contributed by atoms with Gasteiger partial charge in [-0.1, -0.05) is 13.0 Å². The van der Waals surface area contributed by atoms with Gasteiger partial charge in [0.15, 0.2) is 5.65 Å². The van der Waals surface area contributed by atoms with E-state index < -0.39 is 0 Å². The van der Waals surface area contributed by atoms with Gasteiger partial charge in [0.05, 0.1) is 13.2 Å². The number of aromatic nitrogens is 3. The van der Waals surface area contributed by atoms with E-state index in [1.807, 2.05) is 6.20 Å². The molecule has 4 unspecified atom stereocenters. The Morgan fingerprint density at radius 3 is 2.97 bits per heavy atom. The molecule has 0 bridgehead atoms.